The molecule has 3 atom stereocenters. The fraction of sp³-hybridized carbons (Fsp3) is 0.370. The van der Waals surface area contributed by atoms with E-state index in [-0.39, 0.29) is 0 Å². The Morgan fingerprint density at radius 2 is 1.57 bits per heavy atom. The van der Waals surface area contributed by atoms with Gasteiger partial charge in [0.15, 0.2) is 5.65 Å². The summed E-state index contributed by atoms with van der Waals surface area (Å²) in [4.78, 5) is 11.6. The molecule has 0 bridgehead atoms. The van der Waals surface area contributed by atoms with Crippen molar-refractivity contribution in [3.05, 3.63) is 60.9 Å². The van der Waals surface area contributed by atoms with Crippen molar-refractivity contribution in [2.24, 2.45) is 11.8 Å². The lowest BCUT2D eigenvalue weighted by Gasteiger charge is -2.36. The summed E-state index contributed by atoms with van der Waals surface area (Å²) < 4.78 is 8.09. The van der Waals surface area contributed by atoms with Crippen LogP contribution in [0.25, 0.3) is 22.3 Å². The molecule has 4 aromatic rings. The summed E-state index contributed by atoms with van der Waals surface area (Å²) in [5, 5.41) is 9.34. The predicted molar refractivity (Wildman–Crippen MR) is 135 cm³/mol. The van der Waals surface area contributed by atoms with Crippen LogP contribution in [-0.4, -0.2) is 56.9 Å². The highest BCUT2D eigenvalue weighted by Crippen LogP contribution is 2.46. The van der Waals surface area contributed by atoms with Gasteiger partial charge in [-0.15, -0.1) is 0 Å². The number of ether oxygens (including phenoxy) is 1. The van der Waals surface area contributed by atoms with Crippen molar-refractivity contribution in [3.8, 4) is 22.8 Å². The van der Waals surface area contributed by atoms with Crippen molar-refractivity contribution < 1.29 is 4.74 Å². The Labute approximate surface area is 204 Å². The summed E-state index contributed by atoms with van der Waals surface area (Å²) in [7, 11) is 0. The van der Waals surface area contributed by atoms with Gasteiger partial charge >= 0.3 is 0 Å². The Hall–Kier alpha value is -3.49. The lowest BCUT2D eigenvalue weighted by atomic mass is 10.0. The number of fused-ring (bicyclic) bond motifs is 2. The molecule has 0 radical (unpaired) electrons. The van der Waals surface area contributed by atoms with E-state index in [1.54, 1.807) is 6.33 Å². The van der Waals surface area contributed by atoms with Crippen LogP contribution in [0.4, 0.5) is 5.82 Å². The molecule has 2 aromatic heterocycles. The van der Waals surface area contributed by atoms with Gasteiger partial charge in [0, 0.05) is 37.8 Å². The first kappa shape index (κ1) is 20.8. The van der Waals surface area contributed by atoms with Crippen molar-refractivity contribution >= 4 is 16.9 Å². The van der Waals surface area contributed by atoms with E-state index in [0.29, 0.717) is 11.9 Å². The van der Waals surface area contributed by atoms with Crippen LogP contribution < -0.4 is 15.8 Å². The highest BCUT2D eigenvalue weighted by Gasteiger charge is 2.44. The zero-order chi connectivity index (χ0) is 23.4. The molecule has 3 aliphatic rings. The Morgan fingerprint density at radius 1 is 0.857 bits per heavy atom. The number of nitrogens with two attached hydrogens (primary N) is 1. The number of likely N-dealkylation sites (tertiary alicyclic amines) is 1. The van der Waals surface area contributed by atoms with Gasteiger partial charge in [-0.2, -0.15) is 5.10 Å². The van der Waals surface area contributed by atoms with E-state index >= 15 is 0 Å². The minimum atomic E-state index is 0.345. The topological polar surface area (TPSA) is 94.1 Å². The molecule has 0 amide bonds. The van der Waals surface area contributed by atoms with Crippen molar-refractivity contribution in [1.29, 1.82) is 0 Å². The summed E-state index contributed by atoms with van der Waals surface area (Å²) in [6.07, 6.45) is 3.84. The van der Waals surface area contributed by atoms with Crippen molar-refractivity contribution in [3.63, 3.8) is 0 Å². The molecule has 2 aromatic carbocycles. The third-order valence-corrected chi connectivity index (χ3v) is 8.00. The molecule has 2 aliphatic heterocycles. The Kier molecular flexibility index (Phi) is 4.96. The molecule has 8 heteroatoms. The lowest BCUT2D eigenvalue weighted by Crippen LogP contribution is -2.56. The summed E-state index contributed by atoms with van der Waals surface area (Å²) in [6, 6.07) is 18.9. The number of nitrogens with one attached hydrogen (secondary N) is 1. The van der Waals surface area contributed by atoms with E-state index in [4.69, 9.17) is 15.6 Å². The Balaban J connectivity index is 1.17. The number of nitrogen functional groups attached to an aromatic ring is 1. The average Bonchev–Trinajstić information content (AvgIpc) is 3.51. The molecule has 3 N–H and O–H groups in total. The van der Waals surface area contributed by atoms with Crippen LogP contribution in [0.2, 0.25) is 0 Å². The maximum atomic E-state index is 6.36. The maximum Gasteiger partial charge on any atom is 0.164 e. The SMILES string of the molecule is Nc1ncnc2c1c(-c1ccc(Oc3ccccc3)cc1)nn2C1C[C@@H]2CN(C3CNC3)C[C@@H]2C1. The summed E-state index contributed by atoms with van der Waals surface area (Å²) in [6.45, 7) is 4.70. The van der Waals surface area contributed by atoms with Gasteiger partial charge in [0.1, 0.15) is 29.3 Å². The van der Waals surface area contributed by atoms with E-state index in [1.165, 1.54) is 13.1 Å². The largest absolute Gasteiger partial charge is 0.457 e. The van der Waals surface area contributed by atoms with Crippen LogP contribution in [-0.2, 0) is 0 Å². The predicted octanol–water partition coefficient (Wildman–Crippen LogP) is 3.72. The minimum absolute atomic E-state index is 0.345. The van der Waals surface area contributed by atoms with Crippen LogP contribution in [0.3, 0.4) is 0 Å². The van der Waals surface area contributed by atoms with Gasteiger partial charge in [0.05, 0.1) is 11.4 Å². The Bertz CT molecular complexity index is 1340. The normalized spacial score (nSPS) is 24.5. The van der Waals surface area contributed by atoms with Gasteiger partial charge in [-0.1, -0.05) is 18.2 Å². The zero-order valence-electron chi connectivity index (χ0n) is 19.5. The molecule has 7 rings (SSSR count). The molecule has 1 unspecified atom stereocenters. The van der Waals surface area contributed by atoms with E-state index in [1.807, 2.05) is 54.6 Å². The quantitative estimate of drug-likeness (QED) is 0.462. The summed E-state index contributed by atoms with van der Waals surface area (Å²) in [5.74, 6) is 3.53. The van der Waals surface area contributed by atoms with Crippen molar-refractivity contribution in [1.82, 2.24) is 30.0 Å². The second-order valence-corrected chi connectivity index (χ2v) is 10.1. The number of hydrogen-bond acceptors (Lipinski definition) is 7. The molecule has 1 saturated carbocycles. The smallest absolute Gasteiger partial charge is 0.164 e. The van der Waals surface area contributed by atoms with Crippen LogP contribution in [0.1, 0.15) is 18.9 Å². The average molecular weight is 468 g/mol. The van der Waals surface area contributed by atoms with E-state index in [2.05, 4.69) is 24.9 Å². The van der Waals surface area contributed by atoms with Crippen molar-refractivity contribution in [2.75, 3.05) is 31.9 Å². The lowest BCUT2D eigenvalue weighted by molar-refractivity contribution is 0.163. The first-order chi connectivity index (χ1) is 17.2. The molecular weight excluding hydrogens is 438 g/mol. The molecule has 2 saturated heterocycles. The molecule has 178 valence electrons. The minimum Gasteiger partial charge on any atom is -0.457 e. The van der Waals surface area contributed by atoms with Crippen LogP contribution in [0.15, 0.2) is 60.9 Å². The number of aromatic nitrogens is 4. The number of nitrogens with zero attached hydrogens (tertiary/aromatic N) is 5. The third kappa shape index (κ3) is 3.64. The summed E-state index contributed by atoms with van der Waals surface area (Å²) in [5.41, 5.74) is 9.02. The fourth-order valence-electron chi connectivity index (χ4n) is 6.09. The summed E-state index contributed by atoms with van der Waals surface area (Å²) >= 11 is 0. The van der Waals surface area contributed by atoms with Gasteiger partial charge < -0.3 is 15.8 Å². The molecular formula is C27H29N7O. The molecule has 4 heterocycles. The second-order valence-electron chi connectivity index (χ2n) is 10.1. The van der Waals surface area contributed by atoms with Crippen LogP contribution in [0.5, 0.6) is 11.5 Å². The zero-order valence-corrected chi connectivity index (χ0v) is 19.5. The third-order valence-electron chi connectivity index (χ3n) is 8.00. The molecule has 35 heavy (non-hydrogen) atoms. The highest BCUT2D eigenvalue weighted by molar-refractivity contribution is 5.98. The highest BCUT2D eigenvalue weighted by atomic mass is 16.5. The first-order valence-corrected chi connectivity index (χ1v) is 12.5. The molecule has 8 nitrogen and oxygen atoms in total. The number of anilines is 1. The number of para-hydroxylation sites is 1. The Morgan fingerprint density at radius 3 is 2.26 bits per heavy atom. The standard InChI is InChI=1S/C27H29N7O/c28-26-24-25(17-6-8-23(9-7-17)35-22-4-2-1-3-5-22)32-34(27(24)31-16-30-26)20-10-18-14-33(15-19(18)11-20)21-12-29-13-21/h1-9,16,18-21,29H,10-15H2,(H2,28,30,31)/t18-,19+,20?. The van der Waals surface area contributed by atoms with Gasteiger partial charge in [0.25, 0.3) is 0 Å². The molecule has 1 aliphatic carbocycles. The molecule has 3 fully saturated rings. The number of hydrogen-bond donors (Lipinski definition) is 2. The number of rotatable bonds is 5. The van der Waals surface area contributed by atoms with E-state index in [9.17, 15) is 0 Å². The van der Waals surface area contributed by atoms with Crippen LogP contribution in [0, 0.1) is 11.8 Å². The maximum absolute atomic E-state index is 6.36. The van der Waals surface area contributed by atoms with Crippen LogP contribution >= 0.6 is 0 Å². The first-order valence-electron chi connectivity index (χ1n) is 12.5. The van der Waals surface area contributed by atoms with Gasteiger partial charge in [-0.05, 0) is 61.1 Å². The second kappa shape index (κ2) is 8.32. The monoisotopic (exact) mass is 467 g/mol. The van der Waals surface area contributed by atoms with Gasteiger partial charge in [0.2, 0.25) is 0 Å². The fourth-order valence-corrected chi connectivity index (χ4v) is 6.09. The van der Waals surface area contributed by atoms with Crippen molar-refractivity contribution in [2.45, 2.75) is 24.9 Å². The van der Waals surface area contributed by atoms with Gasteiger partial charge in [-0.3, -0.25) is 4.90 Å². The number of benzene rings is 2. The van der Waals surface area contributed by atoms with E-state index < -0.39 is 0 Å². The molecule has 0 spiro atoms. The van der Waals surface area contributed by atoms with Gasteiger partial charge in [-0.25, -0.2) is 14.6 Å². The van der Waals surface area contributed by atoms with E-state index in [0.717, 1.165) is 77.6 Å².